The highest BCUT2D eigenvalue weighted by atomic mass is 16.5. The van der Waals surface area contributed by atoms with Gasteiger partial charge in [0.2, 0.25) is 0 Å². The molecule has 0 amide bonds. The van der Waals surface area contributed by atoms with Crippen molar-refractivity contribution in [3.63, 3.8) is 0 Å². The third-order valence-corrected chi connectivity index (χ3v) is 5.18. The highest BCUT2D eigenvalue weighted by molar-refractivity contribution is 5.95. The normalized spacial score (nSPS) is 11.4. The molecule has 3 heterocycles. The Bertz CT molecular complexity index is 1320. The molecule has 0 aliphatic rings. The van der Waals surface area contributed by atoms with Crippen molar-refractivity contribution in [3.05, 3.63) is 72.2 Å². The third kappa shape index (κ3) is 2.38. The molecule has 0 spiro atoms. The summed E-state index contributed by atoms with van der Waals surface area (Å²) in [6, 6.07) is 18.0. The van der Waals surface area contributed by atoms with Gasteiger partial charge in [0.1, 0.15) is 12.1 Å². The molecule has 0 bridgehead atoms. The average molecular weight is 369 g/mol. The van der Waals surface area contributed by atoms with E-state index in [1.54, 1.807) is 18.0 Å². The number of aryl methyl sites for hydroxylation is 1. The van der Waals surface area contributed by atoms with Crippen LogP contribution in [0.1, 0.15) is 11.3 Å². The molecule has 6 heteroatoms. The van der Waals surface area contributed by atoms with Gasteiger partial charge in [-0.3, -0.25) is 4.57 Å². The van der Waals surface area contributed by atoms with Gasteiger partial charge in [-0.1, -0.05) is 36.4 Å². The second kappa shape index (κ2) is 6.20. The maximum atomic E-state index is 5.40. The summed E-state index contributed by atoms with van der Waals surface area (Å²) < 4.78 is 9.30. The molecule has 2 aromatic carbocycles. The van der Waals surface area contributed by atoms with Gasteiger partial charge in [0, 0.05) is 17.3 Å². The van der Waals surface area contributed by atoms with Crippen LogP contribution in [0, 0.1) is 13.8 Å². The molecule has 0 unspecified atom stereocenters. The first-order valence-electron chi connectivity index (χ1n) is 9.10. The molecule has 0 atom stereocenters. The summed E-state index contributed by atoms with van der Waals surface area (Å²) in [5.41, 5.74) is 5.93. The molecule has 0 saturated carbocycles. The zero-order valence-electron chi connectivity index (χ0n) is 15.9. The summed E-state index contributed by atoms with van der Waals surface area (Å²) in [5.74, 6) is 1.51. The summed E-state index contributed by atoms with van der Waals surface area (Å²) in [4.78, 5) is 9.54. The predicted molar refractivity (Wildman–Crippen MR) is 109 cm³/mol. The number of methoxy groups -OCH3 is 1. The Kier molecular flexibility index (Phi) is 3.65. The van der Waals surface area contributed by atoms with Crippen LogP contribution in [0.2, 0.25) is 0 Å². The summed E-state index contributed by atoms with van der Waals surface area (Å²) in [5, 5.41) is 5.64. The van der Waals surface area contributed by atoms with Crippen molar-refractivity contribution < 1.29 is 4.74 Å². The fourth-order valence-electron chi connectivity index (χ4n) is 3.64. The molecule has 0 aliphatic carbocycles. The molecule has 0 radical (unpaired) electrons. The minimum Gasteiger partial charge on any atom is -0.497 e. The lowest BCUT2D eigenvalue weighted by atomic mass is 10.2. The van der Waals surface area contributed by atoms with Crippen LogP contribution in [-0.4, -0.2) is 31.3 Å². The Balaban J connectivity index is 1.79. The largest absolute Gasteiger partial charge is 0.497 e. The Labute approximate surface area is 162 Å². The van der Waals surface area contributed by atoms with Crippen molar-refractivity contribution in [2.75, 3.05) is 7.11 Å². The lowest BCUT2D eigenvalue weighted by Crippen LogP contribution is -1.99. The van der Waals surface area contributed by atoms with E-state index < -0.39 is 0 Å². The predicted octanol–water partition coefficient (Wildman–Crippen LogP) is 4.36. The van der Waals surface area contributed by atoms with E-state index in [9.17, 15) is 0 Å². The van der Waals surface area contributed by atoms with E-state index in [2.05, 4.69) is 29.6 Å². The van der Waals surface area contributed by atoms with Gasteiger partial charge in [-0.05, 0) is 31.5 Å². The van der Waals surface area contributed by atoms with Crippen LogP contribution in [0.5, 0.6) is 5.75 Å². The van der Waals surface area contributed by atoms with Gasteiger partial charge in [0.25, 0.3) is 0 Å². The van der Waals surface area contributed by atoms with Gasteiger partial charge in [0.05, 0.1) is 18.2 Å². The molecular weight excluding hydrogens is 350 g/mol. The molecule has 6 nitrogen and oxygen atoms in total. The zero-order valence-corrected chi connectivity index (χ0v) is 15.9. The molecule has 5 aromatic rings. The molecule has 0 fully saturated rings. The zero-order chi connectivity index (χ0) is 19.3. The lowest BCUT2D eigenvalue weighted by Gasteiger charge is -2.09. The van der Waals surface area contributed by atoms with Crippen molar-refractivity contribution in [1.29, 1.82) is 0 Å². The van der Waals surface area contributed by atoms with E-state index >= 15 is 0 Å². The van der Waals surface area contributed by atoms with E-state index in [4.69, 9.17) is 14.7 Å². The van der Waals surface area contributed by atoms with E-state index in [1.165, 1.54) is 0 Å². The summed E-state index contributed by atoms with van der Waals surface area (Å²) in [6.45, 7) is 4.20. The van der Waals surface area contributed by atoms with Crippen LogP contribution in [-0.2, 0) is 0 Å². The molecule has 0 aliphatic heterocycles. The molecule has 5 rings (SSSR count). The second-order valence-electron chi connectivity index (χ2n) is 6.76. The standard InChI is InChI=1S/C22H19N5O/c1-14-15(2)27(17-10-7-11-18(12-17)28-3)21-19(14)22-24-20(25-26(22)13-23-21)16-8-5-4-6-9-16/h4-13H,1-3H3. The van der Waals surface area contributed by atoms with Crippen molar-refractivity contribution in [1.82, 2.24) is 24.1 Å². The second-order valence-corrected chi connectivity index (χ2v) is 6.76. The number of ether oxygens (including phenoxy) is 1. The number of benzene rings is 2. The van der Waals surface area contributed by atoms with Crippen LogP contribution >= 0.6 is 0 Å². The van der Waals surface area contributed by atoms with Gasteiger partial charge in [-0.25, -0.2) is 14.5 Å². The Hall–Kier alpha value is -3.67. The third-order valence-electron chi connectivity index (χ3n) is 5.18. The van der Waals surface area contributed by atoms with Crippen LogP contribution in [0.25, 0.3) is 33.8 Å². The highest BCUT2D eigenvalue weighted by Gasteiger charge is 2.19. The van der Waals surface area contributed by atoms with Gasteiger partial charge < -0.3 is 4.74 Å². The number of nitrogens with zero attached hydrogens (tertiary/aromatic N) is 5. The Morgan fingerprint density at radius 3 is 2.54 bits per heavy atom. The van der Waals surface area contributed by atoms with Crippen molar-refractivity contribution >= 4 is 16.7 Å². The SMILES string of the molecule is COc1cccc(-n2c(C)c(C)c3c2ncn2nc(-c4ccccc4)nc32)c1. The Morgan fingerprint density at radius 1 is 0.929 bits per heavy atom. The average Bonchev–Trinajstić information content (AvgIpc) is 3.28. The molecule has 28 heavy (non-hydrogen) atoms. The maximum absolute atomic E-state index is 5.40. The van der Waals surface area contributed by atoms with Crippen LogP contribution in [0.15, 0.2) is 60.9 Å². The summed E-state index contributed by atoms with van der Waals surface area (Å²) in [6.07, 6.45) is 1.73. The molecule has 0 saturated heterocycles. The van der Waals surface area contributed by atoms with E-state index in [0.717, 1.165) is 44.9 Å². The van der Waals surface area contributed by atoms with Crippen LogP contribution in [0.4, 0.5) is 0 Å². The first-order valence-corrected chi connectivity index (χ1v) is 9.10. The number of hydrogen-bond donors (Lipinski definition) is 0. The number of aromatic nitrogens is 5. The van der Waals surface area contributed by atoms with E-state index in [-0.39, 0.29) is 0 Å². The fourth-order valence-corrected chi connectivity index (χ4v) is 3.64. The first-order chi connectivity index (χ1) is 13.7. The Morgan fingerprint density at radius 2 is 1.75 bits per heavy atom. The fraction of sp³-hybridized carbons (Fsp3) is 0.136. The van der Waals surface area contributed by atoms with E-state index in [0.29, 0.717) is 5.82 Å². The van der Waals surface area contributed by atoms with Gasteiger partial charge in [-0.15, -0.1) is 5.10 Å². The lowest BCUT2D eigenvalue weighted by molar-refractivity contribution is 0.414. The van der Waals surface area contributed by atoms with Gasteiger partial charge >= 0.3 is 0 Å². The van der Waals surface area contributed by atoms with Crippen LogP contribution in [0.3, 0.4) is 0 Å². The molecule has 138 valence electrons. The minimum atomic E-state index is 0.695. The molecule has 0 N–H and O–H groups in total. The van der Waals surface area contributed by atoms with Crippen LogP contribution < -0.4 is 4.74 Å². The van der Waals surface area contributed by atoms with Crippen molar-refractivity contribution in [2.45, 2.75) is 13.8 Å². The monoisotopic (exact) mass is 369 g/mol. The summed E-state index contributed by atoms with van der Waals surface area (Å²) >= 11 is 0. The molecule has 3 aromatic heterocycles. The minimum absolute atomic E-state index is 0.695. The first kappa shape index (κ1) is 16.5. The number of hydrogen-bond acceptors (Lipinski definition) is 4. The van der Waals surface area contributed by atoms with Gasteiger partial charge in [-0.2, -0.15) is 0 Å². The van der Waals surface area contributed by atoms with Crippen molar-refractivity contribution in [3.8, 4) is 22.8 Å². The number of rotatable bonds is 3. The van der Waals surface area contributed by atoms with E-state index in [1.807, 2.05) is 48.5 Å². The molecular formula is C22H19N5O. The summed E-state index contributed by atoms with van der Waals surface area (Å²) in [7, 11) is 1.67. The van der Waals surface area contributed by atoms with Gasteiger partial charge in [0.15, 0.2) is 17.1 Å². The maximum Gasteiger partial charge on any atom is 0.182 e. The van der Waals surface area contributed by atoms with Crippen molar-refractivity contribution in [2.24, 2.45) is 0 Å². The topological polar surface area (TPSA) is 57.2 Å². The highest BCUT2D eigenvalue weighted by Crippen LogP contribution is 2.31. The smallest absolute Gasteiger partial charge is 0.182 e. The quantitative estimate of drug-likeness (QED) is 0.474. The number of fused-ring (bicyclic) bond motifs is 3.